The molecular weight excluding hydrogens is 455 g/mol. The van der Waals surface area contributed by atoms with Crippen molar-refractivity contribution >= 4 is 10.4 Å². The maximum absolute atomic E-state index is 10.9. The molecule has 0 fully saturated rings. The van der Waals surface area contributed by atoms with Gasteiger partial charge in [0.1, 0.15) is 0 Å². The van der Waals surface area contributed by atoms with Gasteiger partial charge in [-0.05, 0) is 18.8 Å². The van der Waals surface area contributed by atoms with Crippen LogP contribution in [0.25, 0.3) is 0 Å². The van der Waals surface area contributed by atoms with Crippen LogP contribution >= 0.6 is 0 Å². The van der Waals surface area contributed by atoms with Gasteiger partial charge in [0.05, 0.1) is 6.61 Å². The fourth-order valence-electron chi connectivity index (χ4n) is 4.69. The first-order valence-corrected chi connectivity index (χ1v) is 15.9. The smallest absolute Gasteiger partial charge is 0.726 e. The van der Waals surface area contributed by atoms with Crippen LogP contribution in [0, 0.1) is 5.92 Å². The van der Waals surface area contributed by atoms with E-state index in [0.717, 1.165) is 25.7 Å². The minimum Gasteiger partial charge on any atom is -0.726 e. The third-order valence-electron chi connectivity index (χ3n) is 6.88. The zero-order chi connectivity index (χ0) is 24.5. The van der Waals surface area contributed by atoms with Gasteiger partial charge in [-0.1, -0.05) is 155 Å². The normalized spacial score (nSPS) is 12.6. The van der Waals surface area contributed by atoms with E-state index in [1.807, 2.05) is 0 Å². The molecule has 0 rings (SSSR count). The molecule has 34 heavy (non-hydrogen) atoms. The Morgan fingerprint density at radius 3 is 1.06 bits per heavy atom. The summed E-state index contributed by atoms with van der Waals surface area (Å²) in [5.41, 5.74) is 0. The molecule has 0 radical (unpaired) electrons. The van der Waals surface area contributed by atoms with Gasteiger partial charge >= 0.3 is 29.6 Å². The third kappa shape index (κ3) is 30.9. The number of rotatable bonds is 27. The average Bonchev–Trinajstić information content (AvgIpc) is 2.78. The Bertz CT molecular complexity index is 485. The van der Waals surface area contributed by atoms with Crippen molar-refractivity contribution in [2.75, 3.05) is 6.61 Å². The molecule has 0 spiro atoms. The molecular formula is C28H57NaO4S. The first-order valence-electron chi connectivity index (χ1n) is 14.6. The monoisotopic (exact) mass is 512 g/mol. The topological polar surface area (TPSA) is 66.4 Å². The fraction of sp³-hybridized carbons (Fsp3) is 1.00. The van der Waals surface area contributed by atoms with E-state index in [1.54, 1.807) is 0 Å². The van der Waals surface area contributed by atoms with E-state index in [-0.39, 0.29) is 42.1 Å². The van der Waals surface area contributed by atoms with Crippen molar-refractivity contribution in [2.24, 2.45) is 5.92 Å². The zero-order valence-electron chi connectivity index (χ0n) is 23.3. The average molecular weight is 513 g/mol. The summed E-state index contributed by atoms with van der Waals surface area (Å²) in [6.07, 6.45) is 30.8. The molecule has 0 saturated carbocycles. The van der Waals surface area contributed by atoms with Gasteiger partial charge in [-0.25, -0.2) is 8.42 Å². The molecule has 1 atom stereocenters. The molecule has 0 aliphatic heterocycles. The first kappa shape index (κ1) is 37.0. The Balaban J connectivity index is 0. The number of hydrogen-bond acceptors (Lipinski definition) is 4. The van der Waals surface area contributed by atoms with Crippen LogP contribution in [0.4, 0.5) is 0 Å². The van der Waals surface area contributed by atoms with Crippen LogP contribution in [-0.2, 0) is 14.6 Å². The SMILES string of the molecule is CCCCCCCCCCCCCCC(CCCCCCCCCCCC)COS(=O)(=O)[O-].[Na+]. The number of hydrogen-bond donors (Lipinski definition) is 0. The largest absolute Gasteiger partial charge is 1.00 e. The van der Waals surface area contributed by atoms with Gasteiger partial charge < -0.3 is 4.55 Å². The second-order valence-electron chi connectivity index (χ2n) is 10.2. The van der Waals surface area contributed by atoms with Crippen molar-refractivity contribution in [2.45, 2.75) is 168 Å². The van der Waals surface area contributed by atoms with Crippen LogP contribution in [0.15, 0.2) is 0 Å². The van der Waals surface area contributed by atoms with Gasteiger partial charge in [0.25, 0.3) is 0 Å². The summed E-state index contributed by atoms with van der Waals surface area (Å²) in [7, 11) is -4.58. The Labute approximate surface area is 236 Å². The van der Waals surface area contributed by atoms with Gasteiger partial charge in [-0.15, -0.1) is 0 Å². The van der Waals surface area contributed by atoms with Gasteiger partial charge in [0.2, 0.25) is 10.4 Å². The van der Waals surface area contributed by atoms with Crippen LogP contribution in [0.1, 0.15) is 168 Å². The van der Waals surface area contributed by atoms with E-state index in [2.05, 4.69) is 18.0 Å². The second-order valence-corrected chi connectivity index (χ2v) is 11.3. The summed E-state index contributed by atoms with van der Waals surface area (Å²) in [4.78, 5) is 0. The van der Waals surface area contributed by atoms with Crippen molar-refractivity contribution in [1.29, 1.82) is 0 Å². The Morgan fingerprint density at radius 2 is 0.794 bits per heavy atom. The molecule has 0 aromatic rings. The van der Waals surface area contributed by atoms with E-state index < -0.39 is 10.4 Å². The van der Waals surface area contributed by atoms with E-state index in [0.29, 0.717) is 0 Å². The Morgan fingerprint density at radius 1 is 0.529 bits per heavy atom. The summed E-state index contributed by atoms with van der Waals surface area (Å²) in [5, 5.41) is 0. The summed E-state index contributed by atoms with van der Waals surface area (Å²) in [6, 6.07) is 0. The Kier molecular flexibility index (Phi) is 31.0. The molecule has 0 amide bonds. The molecule has 4 nitrogen and oxygen atoms in total. The maximum Gasteiger partial charge on any atom is 1.00 e. The van der Waals surface area contributed by atoms with Crippen molar-refractivity contribution in [3.8, 4) is 0 Å². The summed E-state index contributed by atoms with van der Waals surface area (Å²) >= 11 is 0. The second kappa shape index (κ2) is 28.4. The van der Waals surface area contributed by atoms with Crippen molar-refractivity contribution in [3.63, 3.8) is 0 Å². The molecule has 0 aromatic carbocycles. The summed E-state index contributed by atoms with van der Waals surface area (Å²) in [6.45, 7) is 4.59. The maximum atomic E-state index is 10.9. The van der Waals surface area contributed by atoms with Crippen molar-refractivity contribution in [1.82, 2.24) is 0 Å². The first-order chi connectivity index (χ1) is 16.0. The predicted octanol–water partition coefficient (Wildman–Crippen LogP) is 6.49. The van der Waals surface area contributed by atoms with Crippen LogP contribution in [0.2, 0.25) is 0 Å². The third-order valence-corrected chi connectivity index (χ3v) is 7.30. The quantitative estimate of drug-likeness (QED) is 0.0546. The van der Waals surface area contributed by atoms with Crippen molar-refractivity contribution < 1.29 is 46.7 Å². The number of unbranched alkanes of at least 4 members (excludes halogenated alkanes) is 20. The van der Waals surface area contributed by atoms with Crippen LogP contribution in [-0.4, -0.2) is 19.6 Å². The predicted molar refractivity (Wildman–Crippen MR) is 141 cm³/mol. The van der Waals surface area contributed by atoms with Gasteiger partial charge in [-0.2, -0.15) is 0 Å². The molecule has 0 heterocycles. The summed E-state index contributed by atoms with van der Waals surface area (Å²) < 4.78 is 37.2. The molecule has 1 unspecified atom stereocenters. The standard InChI is InChI=1S/C28H58O4S.Na/c1-3-5-7-9-11-13-15-16-18-20-22-24-26-28(27-32-33(29,30)31)25-23-21-19-17-14-12-10-8-6-4-2;/h28H,3-27H2,1-2H3,(H,29,30,31);/q;+1/p-1. The van der Waals surface area contributed by atoms with Crippen LogP contribution in [0.3, 0.4) is 0 Å². The fourth-order valence-corrected chi connectivity index (χ4v) is 5.04. The van der Waals surface area contributed by atoms with Crippen LogP contribution < -0.4 is 29.6 Å². The zero-order valence-corrected chi connectivity index (χ0v) is 26.1. The molecule has 0 saturated heterocycles. The van der Waals surface area contributed by atoms with Crippen molar-refractivity contribution in [3.05, 3.63) is 0 Å². The van der Waals surface area contributed by atoms with Gasteiger partial charge in [0.15, 0.2) is 0 Å². The van der Waals surface area contributed by atoms with Crippen LogP contribution in [0.5, 0.6) is 0 Å². The van der Waals surface area contributed by atoms with Gasteiger partial charge in [-0.3, -0.25) is 4.18 Å². The Hall–Kier alpha value is 0.870. The molecule has 6 heteroatoms. The molecule has 0 aromatic heterocycles. The molecule has 0 bridgehead atoms. The minimum absolute atomic E-state index is 0. The van der Waals surface area contributed by atoms with Gasteiger partial charge in [0, 0.05) is 0 Å². The molecule has 0 aliphatic rings. The van der Waals surface area contributed by atoms with E-state index in [9.17, 15) is 13.0 Å². The summed E-state index contributed by atoms with van der Waals surface area (Å²) in [5.74, 6) is 0.200. The molecule has 200 valence electrons. The van der Waals surface area contributed by atoms with E-state index in [1.165, 1.54) is 128 Å². The molecule has 0 aliphatic carbocycles. The minimum atomic E-state index is -4.58. The van der Waals surface area contributed by atoms with E-state index >= 15 is 0 Å². The van der Waals surface area contributed by atoms with E-state index in [4.69, 9.17) is 0 Å². The molecule has 0 N–H and O–H groups in total.